The lowest BCUT2D eigenvalue weighted by Gasteiger charge is -2.32. The van der Waals surface area contributed by atoms with E-state index in [2.05, 4.69) is 5.32 Å². The predicted molar refractivity (Wildman–Crippen MR) is 81.1 cm³/mol. The molecule has 1 aliphatic heterocycles. The molecule has 23 heavy (non-hydrogen) atoms. The maximum absolute atomic E-state index is 12.4. The van der Waals surface area contributed by atoms with Crippen LogP contribution in [0, 0.1) is 5.92 Å². The van der Waals surface area contributed by atoms with Crippen molar-refractivity contribution in [3.05, 3.63) is 22.4 Å². The van der Waals surface area contributed by atoms with Crippen molar-refractivity contribution in [2.24, 2.45) is 5.92 Å². The Morgan fingerprint density at radius 2 is 2.04 bits per heavy atom. The third-order valence-corrected chi connectivity index (χ3v) is 4.85. The van der Waals surface area contributed by atoms with Crippen LogP contribution in [-0.2, 0) is 9.59 Å². The SMILES string of the molecule is CC(C(=O)NCC1CCN(C(=O)C(F)(F)F)CC1)c1ccsc1. The molecule has 1 unspecified atom stereocenters. The van der Waals surface area contributed by atoms with Gasteiger partial charge in [-0.25, -0.2) is 0 Å². The van der Waals surface area contributed by atoms with Gasteiger partial charge in [0.2, 0.25) is 5.91 Å². The number of rotatable bonds is 4. The molecule has 0 aliphatic carbocycles. The standard InChI is InChI=1S/C15H19F3N2O2S/c1-10(12-4-7-23-9-12)13(21)19-8-11-2-5-20(6-3-11)14(22)15(16,17)18/h4,7,9-11H,2-3,5-6,8H2,1H3,(H,19,21). The molecule has 1 aliphatic rings. The van der Waals surface area contributed by atoms with Gasteiger partial charge in [-0.1, -0.05) is 0 Å². The van der Waals surface area contributed by atoms with E-state index in [1.54, 1.807) is 0 Å². The molecule has 128 valence electrons. The first-order valence-electron chi connectivity index (χ1n) is 7.45. The van der Waals surface area contributed by atoms with Crippen LogP contribution < -0.4 is 5.32 Å². The van der Waals surface area contributed by atoms with E-state index in [-0.39, 0.29) is 30.8 Å². The first-order chi connectivity index (χ1) is 10.8. The Hall–Kier alpha value is -1.57. The third kappa shape index (κ3) is 4.70. The lowest BCUT2D eigenvalue weighted by Crippen LogP contribution is -2.46. The second-order valence-corrected chi connectivity index (χ2v) is 6.54. The molecule has 8 heteroatoms. The molecule has 0 aromatic carbocycles. The second kappa shape index (κ2) is 7.33. The minimum atomic E-state index is -4.81. The molecule has 4 nitrogen and oxygen atoms in total. The van der Waals surface area contributed by atoms with Gasteiger partial charge in [0.25, 0.3) is 0 Å². The fourth-order valence-electron chi connectivity index (χ4n) is 2.59. The van der Waals surface area contributed by atoms with Gasteiger partial charge in [-0.05, 0) is 48.1 Å². The van der Waals surface area contributed by atoms with E-state index in [4.69, 9.17) is 0 Å². The smallest absolute Gasteiger partial charge is 0.355 e. The number of thiophene rings is 1. The molecule has 1 fully saturated rings. The van der Waals surface area contributed by atoms with Crippen molar-refractivity contribution >= 4 is 23.2 Å². The molecular weight excluding hydrogens is 329 g/mol. The Morgan fingerprint density at radius 3 is 2.57 bits per heavy atom. The first-order valence-corrected chi connectivity index (χ1v) is 8.39. The number of nitrogens with one attached hydrogen (secondary N) is 1. The molecule has 0 spiro atoms. The maximum atomic E-state index is 12.4. The fraction of sp³-hybridized carbons (Fsp3) is 0.600. The van der Waals surface area contributed by atoms with Gasteiger partial charge in [0, 0.05) is 19.6 Å². The van der Waals surface area contributed by atoms with Gasteiger partial charge in [0.05, 0.1) is 5.92 Å². The maximum Gasteiger partial charge on any atom is 0.471 e. The summed E-state index contributed by atoms with van der Waals surface area (Å²) in [6.07, 6.45) is -3.87. The summed E-state index contributed by atoms with van der Waals surface area (Å²) < 4.78 is 37.1. The number of alkyl halides is 3. The molecule has 1 aromatic heterocycles. The minimum Gasteiger partial charge on any atom is -0.355 e. The second-order valence-electron chi connectivity index (χ2n) is 5.76. The van der Waals surface area contributed by atoms with Crippen LogP contribution in [0.25, 0.3) is 0 Å². The molecule has 2 heterocycles. The predicted octanol–water partition coefficient (Wildman–Crippen LogP) is 2.77. The van der Waals surface area contributed by atoms with Crippen LogP contribution in [0.4, 0.5) is 13.2 Å². The number of carbonyl (C=O) groups excluding carboxylic acids is 2. The Morgan fingerprint density at radius 1 is 1.39 bits per heavy atom. The number of amides is 2. The largest absolute Gasteiger partial charge is 0.471 e. The molecule has 2 rings (SSSR count). The molecule has 0 radical (unpaired) electrons. The normalized spacial score (nSPS) is 17.8. The van der Waals surface area contributed by atoms with E-state index in [9.17, 15) is 22.8 Å². The van der Waals surface area contributed by atoms with Gasteiger partial charge in [0.1, 0.15) is 0 Å². The Kier molecular flexibility index (Phi) is 5.67. The van der Waals surface area contributed by atoms with Crippen LogP contribution >= 0.6 is 11.3 Å². The highest BCUT2D eigenvalue weighted by atomic mass is 32.1. The van der Waals surface area contributed by atoms with Crippen molar-refractivity contribution in [3.63, 3.8) is 0 Å². The van der Waals surface area contributed by atoms with E-state index < -0.39 is 12.1 Å². The highest BCUT2D eigenvalue weighted by Crippen LogP contribution is 2.24. The van der Waals surface area contributed by atoms with Gasteiger partial charge in [0.15, 0.2) is 0 Å². The quantitative estimate of drug-likeness (QED) is 0.910. The molecule has 0 bridgehead atoms. The van der Waals surface area contributed by atoms with Crippen molar-refractivity contribution < 1.29 is 22.8 Å². The van der Waals surface area contributed by atoms with Gasteiger partial charge in [-0.15, -0.1) is 0 Å². The summed E-state index contributed by atoms with van der Waals surface area (Å²) >= 11 is 1.53. The highest BCUT2D eigenvalue weighted by Gasteiger charge is 2.43. The van der Waals surface area contributed by atoms with Crippen molar-refractivity contribution in [2.75, 3.05) is 19.6 Å². The van der Waals surface area contributed by atoms with Crippen LogP contribution in [0.3, 0.4) is 0 Å². The van der Waals surface area contributed by atoms with Gasteiger partial charge in [-0.3, -0.25) is 9.59 Å². The summed E-state index contributed by atoms with van der Waals surface area (Å²) in [6.45, 7) is 2.42. The lowest BCUT2D eigenvalue weighted by molar-refractivity contribution is -0.186. The number of hydrogen-bond acceptors (Lipinski definition) is 3. The first kappa shape index (κ1) is 17.8. The summed E-state index contributed by atoms with van der Waals surface area (Å²) in [4.78, 5) is 24.1. The molecular formula is C15H19F3N2O2S. The molecule has 1 N–H and O–H groups in total. The average Bonchev–Trinajstić information content (AvgIpc) is 3.05. The molecule has 1 saturated heterocycles. The van der Waals surface area contributed by atoms with E-state index in [0.717, 1.165) is 10.5 Å². The van der Waals surface area contributed by atoms with Crippen LogP contribution in [-0.4, -0.2) is 42.5 Å². The van der Waals surface area contributed by atoms with E-state index in [1.807, 2.05) is 23.8 Å². The van der Waals surface area contributed by atoms with Crippen molar-refractivity contribution in [2.45, 2.75) is 31.9 Å². The van der Waals surface area contributed by atoms with Gasteiger partial charge < -0.3 is 10.2 Å². The monoisotopic (exact) mass is 348 g/mol. The van der Waals surface area contributed by atoms with E-state index in [0.29, 0.717) is 19.4 Å². The van der Waals surface area contributed by atoms with Crippen molar-refractivity contribution in [1.29, 1.82) is 0 Å². The molecule has 2 amide bonds. The number of likely N-dealkylation sites (tertiary alicyclic amines) is 1. The Labute approximate surface area is 136 Å². The zero-order valence-corrected chi connectivity index (χ0v) is 13.5. The number of hydrogen-bond donors (Lipinski definition) is 1. The van der Waals surface area contributed by atoms with Crippen LogP contribution in [0.5, 0.6) is 0 Å². The third-order valence-electron chi connectivity index (χ3n) is 4.15. The Bertz CT molecular complexity index is 537. The van der Waals surface area contributed by atoms with Crippen LogP contribution in [0.15, 0.2) is 16.8 Å². The Balaban J connectivity index is 1.75. The number of halogens is 3. The van der Waals surface area contributed by atoms with Crippen molar-refractivity contribution in [3.8, 4) is 0 Å². The topological polar surface area (TPSA) is 49.4 Å². The summed E-state index contributed by atoms with van der Waals surface area (Å²) in [5.41, 5.74) is 0.957. The summed E-state index contributed by atoms with van der Waals surface area (Å²) in [5.74, 6) is -2.00. The van der Waals surface area contributed by atoms with Crippen LogP contribution in [0.1, 0.15) is 31.2 Å². The summed E-state index contributed by atoms with van der Waals surface area (Å²) in [5, 5.41) is 6.69. The highest BCUT2D eigenvalue weighted by molar-refractivity contribution is 7.08. The van der Waals surface area contributed by atoms with E-state index in [1.165, 1.54) is 11.3 Å². The summed E-state index contributed by atoms with van der Waals surface area (Å²) in [7, 11) is 0. The fourth-order valence-corrected chi connectivity index (χ4v) is 3.34. The minimum absolute atomic E-state index is 0.0823. The van der Waals surface area contributed by atoms with Gasteiger partial charge in [-0.2, -0.15) is 24.5 Å². The van der Waals surface area contributed by atoms with E-state index >= 15 is 0 Å². The average molecular weight is 348 g/mol. The van der Waals surface area contributed by atoms with Crippen LogP contribution in [0.2, 0.25) is 0 Å². The van der Waals surface area contributed by atoms with Gasteiger partial charge >= 0.3 is 12.1 Å². The number of piperidine rings is 1. The zero-order valence-electron chi connectivity index (χ0n) is 12.7. The number of carbonyl (C=O) groups is 2. The zero-order chi connectivity index (χ0) is 17.0. The lowest BCUT2D eigenvalue weighted by atomic mass is 9.96. The number of nitrogens with zero attached hydrogens (tertiary/aromatic N) is 1. The summed E-state index contributed by atoms with van der Waals surface area (Å²) in [6, 6.07) is 1.90. The molecule has 1 aromatic rings. The molecule has 1 atom stereocenters. The van der Waals surface area contributed by atoms with Crippen molar-refractivity contribution in [1.82, 2.24) is 10.2 Å². The molecule has 0 saturated carbocycles.